The zero-order chi connectivity index (χ0) is 11.5. The molecule has 2 nitrogen and oxygen atoms in total. The monoisotopic (exact) mass is 238 g/mol. The standard InChI is InChI=1S/C13H19ClN2/c1-9-5-10(2)13(12(14)6-9)16-8-11-3-4-15-7-11/h5-6,11,15-16H,3-4,7-8H2,1-2H3. The lowest BCUT2D eigenvalue weighted by atomic mass is 10.1. The fraction of sp³-hybridized carbons (Fsp3) is 0.538. The summed E-state index contributed by atoms with van der Waals surface area (Å²) in [5.41, 5.74) is 3.55. The Kier molecular flexibility index (Phi) is 3.72. The van der Waals surface area contributed by atoms with Gasteiger partial charge in [0.2, 0.25) is 0 Å². The summed E-state index contributed by atoms with van der Waals surface area (Å²) in [5, 5.41) is 7.69. The first kappa shape index (κ1) is 11.7. The Hall–Kier alpha value is -0.730. The Labute approximate surface area is 102 Å². The van der Waals surface area contributed by atoms with Gasteiger partial charge in [0.25, 0.3) is 0 Å². The summed E-state index contributed by atoms with van der Waals surface area (Å²) < 4.78 is 0. The lowest BCUT2D eigenvalue weighted by molar-refractivity contribution is 0.615. The van der Waals surface area contributed by atoms with Gasteiger partial charge in [-0.25, -0.2) is 0 Å². The molecule has 0 aliphatic carbocycles. The molecule has 1 fully saturated rings. The van der Waals surface area contributed by atoms with E-state index in [4.69, 9.17) is 11.6 Å². The normalized spacial score (nSPS) is 20.1. The van der Waals surface area contributed by atoms with Gasteiger partial charge in [0.15, 0.2) is 0 Å². The summed E-state index contributed by atoms with van der Waals surface area (Å²) in [6.45, 7) is 7.46. The van der Waals surface area contributed by atoms with Gasteiger partial charge in [-0.05, 0) is 56.5 Å². The largest absolute Gasteiger partial charge is 0.383 e. The minimum Gasteiger partial charge on any atom is -0.383 e. The highest BCUT2D eigenvalue weighted by molar-refractivity contribution is 6.33. The molecule has 1 saturated heterocycles. The first-order valence-corrected chi connectivity index (χ1v) is 6.26. The van der Waals surface area contributed by atoms with Crippen LogP contribution in [0.1, 0.15) is 17.5 Å². The Balaban J connectivity index is 2.03. The van der Waals surface area contributed by atoms with Crippen molar-refractivity contribution >= 4 is 17.3 Å². The summed E-state index contributed by atoms with van der Waals surface area (Å²) in [7, 11) is 0. The fourth-order valence-electron chi connectivity index (χ4n) is 2.27. The van der Waals surface area contributed by atoms with E-state index in [0.29, 0.717) is 0 Å². The number of anilines is 1. The maximum Gasteiger partial charge on any atom is 0.0642 e. The number of benzene rings is 1. The maximum absolute atomic E-state index is 6.24. The van der Waals surface area contributed by atoms with Crippen LogP contribution in [0.5, 0.6) is 0 Å². The summed E-state index contributed by atoms with van der Waals surface area (Å²) in [6, 6.07) is 4.19. The molecule has 0 spiro atoms. The summed E-state index contributed by atoms with van der Waals surface area (Å²) in [5.74, 6) is 0.733. The highest BCUT2D eigenvalue weighted by atomic mass is 35.5. The van der Waals surface area contributed by atoms with Gasteiger partial charge in [-0.3, -0.25) is 0 Å². The quantitative estimate of drug-likeness (QED) is 0.846. The van der Waals surface area contributed by atoms with Gasteiger partial charge in [0.1, 0.15) is 0 Å². The van der Waals surface area contributed by atoms with Crippen molar-refractivity contribution in [2.45, 2.75) is 20.3 Å². The van der Waals surface area contributed by atoms with Gasteiger partial charge in [-0.15, -0.1) is 0 Å². The molecule has 1 aromatic rings. The molecule has 0 radical (unpaired) electrons. The zero-order valence-electron chi connectivity index (χ0n) is 9.94. The van der Waals surface area contributed by atoms with Crippen LogP contribution in [0.15, 0.2) is 12.1 Å². The number of hydrogen-bond acceptors (Lipinski definition) is 2. The molecule has 2 rings (SSSR count). The van der Waals surface area contributed by atoms with Gasteiger partial charge in [-0.1, -0.05) is 17.7 Å². The highest BCUT2D eigenvalue weighted by Gasteiger charge is 2.14. The maximum atomic E-state index is 6.24. The van der Waals surface area contributed by atoms with E-state index in [1.165, 1.54) is 17.5 Å². The summed E-state index contributed by atoms with van der Waals surface area (Å²) >= 11 is 6.24. The van der Waals surface area contributed by atoms with Crippen LogP contribution in [0, 0.1) is 19.8 Å². The van der Waals surface area contributed by atoms with Crippen molar-refractivity contribution in [3.63, 3.8) is 0 Å². The number of nitrogens with one attached hydrogen (secondary N) is 2. The molecule has 0 bridgehead atoms. The third-order valence-electron chi connectivity index (χ3n) is 3.16. The molecule has 1 aliphatic rings. The average Bonchev–Trinajstić information content (AvgIpc) is 2.68. The van der Waals surface area contributed by atoms with Crippen LogP contribution in [0.2, 0.25) is 5.02 Å². The Morgan fingerprint density at radius 1 is 1.44 bits per heavy atom. The molecule has 0 aromatic heterocycles. The van der Waals surface area contributed by atoms with Crippen molar-refractivity contribution < 1.29 is 0 Å². The van der Waals surface area contributed by atoms with Crippen molar-refractivity contribution in [3.05, 3.63) is 28.3 Å². The molecule has 88 valence electrons. The van der Waals surface area contributed by atoms with E-state index < -0.39 is 0 Å². The molecule has 1 atom stereocenters. The predicted octanol–water partition coefficient (Wildman–Crippen LogP) is 2.98. The number of aryl methyl sites for hydroxylation is 2. The second kappa shape index (κ2) is 5.07. The molecule has 2 N–H and O–H groups in total. The van der Waals surface area contributed by atoms with E-state index in [2.05, 4.69) is 30.5 Å². The van der Waals surface area contributed by atoms with Gasteiger partial charge in [0.05, 0.1) is 10.7 Å². The van der Waals surface area contributed by atoms with E-state index in [9.17, 15) is 0 Å². The summed E-state index contributed by atoms with van der Waals surface area (Å²) in [6.07, 6.45) is 1.26. The Bertz CT molecular complexity index is 347. The average molecular weight is 239 g/mol. The molecule has 1 heterocycles. The molecule has 1 aliphatic heterocycles. The van der Waals surface area contributed by atoms with Gasteiger partial charge in [0, 0.05) is 6.54 Å². The number of hydrogen-bond donors (Lipinski definition) is 2. The second-order valence-electron chi connectivity index (χ2n) is 4.68. The first-order valence-electron chi connectivity index (χ1n) is 5.88. The lowest BCUT2D eigenvalue weighted by Crippen LogP contribution is -2.17. The molecular weight excluding hydrogens is 220 g/mol. The van der Waals surface area contributed by atoms with E-state index in [0.717, 1.165) is 36.3 Å². The third-order valence-corrected chi connectivity index (χ3v) is 3.46. The van der Waals surface area contributed by atoms with E-state index >= 15 is 0 Å². The van der Waals surface area contributed by atoms with Crippen LogP contribution < -0.4 is 10.6 Å². The lowest BCUT2D eigenvalue weighted by Gasteiger charge is -2.15. The Morgan fingerprint density at radius 2 is 2.25 bits per heavy atom. The van der Waals surface area contributed by atoms with Crippen LogP contribution in [-0.2, 0) is 0 Å². The van der Waals surface area contributed by atoms with Crippen LogP contribution in [0.25, 0.3) is 0 Å². The van der Waals surface area contributed by atoms with Crippen molar-refractivity contribution in [2.75, 3.05) is 25.0 Å². The minimum atomic E-state index is 0.733. The molecule has 1 aromatic carbocycles. The van der Waals surface area contributed by atoms with Gasteiger partial charge < -0.3 is 10.6 Å². The zero-order valence-corrected chi connectivity index (χ0v) is 10.7. The van der Waals surface area contributed by atoms with Gasteiger partial charge >= 0.3 is 0 Å². The van der Waals surface area contributed by atoms with Crippen LogP contribution in [0.4, 0.5) is 5.69 Å². The minimum absolute atomic E-state index is 0.733. The number of halogens is 1. The molecular formula is C13H19ClN2. The van der Waals surface area contributed by atoms with Crippen LogP contribution >= 0.6 is 11.6 Å². The molecule has 16 heavy (non-hydrogen) atoms. The van der Waals surface area contributed by atoms with Crippen LogP contribution in [0.3, 0.4) is 0 Å². The fourth-order valence-corrected chi connectivity index (χ4v) is 2.66. The van der Waals surface area contributed by atoms with Crippen molar-refractivity contribution in [1.29, 1.82) is 0 Å². The van der Waals surface area contributed by atoms with Crippen molar-refractivity contribution in [2.24, 2.45) is 5.92 Å². The molecule has 3 heteroatoms. The Morgan fingerprint density at radius 3 is 2.88 bits per heavy atom. The SMILES string of the molecule is Cc1cc(C)c(NCC2CCNC2)c(Cl)c1. The van der Waals surface area contributed by atoms with E-state index in [-0.39, 0.29) is 0 Å². The summed E-state index contributed by atoms with van der Waals surface area (Å²) in [4.78, 5) is 0. The molecule has 0 amide bonds. The number of rotatable bonds is 3. The second-order valence-corrected chi connectivity index (χ2v) is 5.09. The van der Waals surface area contributed by atoms with E-state index in [1.807, 2.05) is 6.07 Å². The smallest absolute Gasteiger partial charge is 0.0642 e. The third kappa shape index (κ3) is 2.69. The molecule has 0 saturated carbocycles. The van der Waals surface area contributed by atoms with Gasteiger partial charge in [-0.2, -0.15) is 0 Å². The topological polar surface area (TPSA) is 24.1 Å². The van der Waals surface area contributed by atoms with E-state index in [1.54, 1.807) is 0 Å². The van der Waals surface area contributed by atoms with Crippen molar-refractivity contribution in [1.82, 2.24) is 5.32 Å². The van der Waals surface area contributed by atoms with Crippen molar-refractivity contribution in [3.8, 4) is 0 Å². The van der Waals surface area contributed by atoms with Crippen LogP contribution in [-0.4, -0.2) is 19.6 Å². The highest BCUT2D eigenvalue weighted by Crippen LogP contribution is 2.27. The molecule has 1 unspecified atom stereocenters. The first-order chi connectivity index (χ1) is 7.66. The predicted molar refractivity (Wildman–Crippen MR) is 70.4 cm³/mol.